The van der Waals surface area contributed by atoms with Crippen molar-refractivity contribution < 1.29 is 4.74 Å². The minimum atomic E-state index is -0.138. The first-order valence-corrected chi connectivity index (χ1v) is 14.4. The minimum Gasteiger partial charge on any atom is -0.457 e. The van der Waals surface area contributed by atoms with Gasteiger partial charge in [0.15, 0.2) is 11.5 Å². The molecule has 11 heteroatoms. The van der Waals surface area contributed by atoms with Gasteiger partial charge in [-0.1, -0.05) is 18.2 Å². The summed E-state index contributed by atoms with van der Waals surface area (Å²) in [5.74, 6) is 2.55. The number of nitrogens with one attached hydrogen (secondary N) is 1. The standard InChI is InChI=1S/C30H36N8O2.ClH/c31-28-27-29(34-20-33-28)38(24-18-35(19-24)13-10-21-11-14-36(15-12-21)23-16-32-17-23)30(39)37(27)22-6-8-26(9-7-22)40-25-4-2-1-3-5-25;/h1-9,20-21,23-24,32H,10-19H2,(H2,31,33,34);1H. The number of rotatable bonds is 8. The van der Waals surface area contributed by atoms with E-state index in [1.54, 1.807) is 4.57 Å². The lowest BCUT2D eigenvalue weighted by molar-refractivity contribution is 0.0732. The number of likely N-dealkylation sites (tertiary alicyclic amines) is 2. The van der Waals surface area contributed by atoms with Crippen molar-refractivity contribution in [2.45, 2.75) is 31.3 Å². The summed E-state index contributed by atoms with van der Waals surface area (Å²) in [7, 11) is 0. The number of nitrogens with two attached hydrogens (primary N) is 1. The molecule has 3 aliphatic rings. The van der Waals surface area contributed by atoms with Gasteiger partial charge >= 0.3 is 5.69 Å². The summed E-state index contributed by atoms with van der Waals surface area (Å²) >= 11 is 0. The third-order valence-electron chi connectivity index (χ3n) is 8.84. The second kappa shape index (κ2) is 11.8. The number of hydrogen-bond acceptors (Lipinski definition) is 8. The van der Waals surface area contributed by atoms with E-state index in [4.69, 9.17) is 10.5 Å². The van der Waals surface area contributed by atoms with E-state index in [1.807, 2.05) is 59.2 Å². The lowest BCUT2D eigenvalue weighted by Gasteiger charge is -2.43. The first-order chi connectivity index (χ1) is 19.6. The van der Waals surface area contributed by atoms with Crippen LogP contribution in [0.4, 0.5) is 5.82 Å². The normalized spacial score (nSPS) is 19.0. The number of halogens is 1. The Balaban J connectivity index is 0.00000302. The number of aromatic nitrogens is 4. The van der Waals surface area contributed by atoms with Crippen LogP contribution >= 0.6 is 12.4 Å². The number of piperidine rings is 1. The van der Waals surface area contributed by atoms with Gasteiger partial charge in [-0.25, -0.2) is 14.8 Å². The first kappa shape index (κ1) is 27.7. The van der Waals surface area contributed by atoms with Gasteiger partial charge in [-0.2, -0.15) is 0 Å². The van der Waals surface area contributed by atoms with Gasteiger partial charge in [-0.05, 0) is 81.2 Å². The van der Waals surface area contributed by atoms with Gasteiger partial charge in [-0.15, -0.1) is 12.4 Å². The van der Waals surface area contributed by atoms with Crippen LogP contribution in [0.15, 0.2) is 65.7 Å². The molecule has 0 bridgehead atoms. The maximum atomic E-state index is 13.8. The van der Waals surface area contributed by atoms with Crippen molar-refractivity contribution >= 4 is 29.4 Å². The van der Waals surface area contributed by atoms with Crippen LogP contribution in [0.1, 0.15) is 25.3 Å². The third kappa shape index (κ3) is 5.44. The zero-order valence-electron chi connectivity index (χ0n) is 23.1. The Morgan fingerprint density at radius 1 is 0.927 bits per heavy atom. The maximum Gasteiger partial charge on any atom is 0.335 e. The average molecular weight is 577 g/mol. The van der Waals surface area contributed by atoms with Crippen molar-refractivity contribution in [2.24, 2.45) is 5.92 Å². The fourth-order valence-electron chi connectivity index (χ4n) is 6.32. The molecule has 0 saturated carbocycles. The number of ether oxygens (including phenoxy) is 1. The van der Waals surface area contributed by atoms with Crippen LogP contribution in [0, 0.1) is 5.92 Å². The lowest BCUT2D eigenvalue weighted by atomic mass is 9.91. The molecule has 4 aromatic rings. The van der Waals surface area contributed by atoms with Gasteiger partial charge in [0, 0.05) is 32.2 Å². The molecule has 3 N–H and O–H groups in total. The van der Waals surface area contributed by atoms with E-state index < -0.39 is 0 Å². The van der Waals surface area contributed by atoms with Crippen molar-refractivity contribution in [3.05, 3.63) is 71.4 Å². The number of para-hydroxylation sites is 1. The highest BCUT2D eigenvalue weighted by Gasteiger charge is 2.34. The van der Waals surface area contributed by atoms with Crippen LogP contribution in [0.25, 0.3) is 16.9 Å². The molecule has 3 saturated heterocycles. The Morgan fingerprint density at radius 3 is 2.32 bits per heavy atom. The van der Waals surface area contributed by atoms with Crippen molar-refractivity contribution in [1.29, 1.82) is 0 Å². The molecule has 216 valence electrons. The summed E-state index contributed by atoms with van der Waals surface area (Å²) in [6.07, 6.45) is 5.27. The van der Waals surface area contributed by atoms with E-state index >= 15 is 0 Å². The molecule has 2 aromatic carbocycles. The first-order valence-electron chi connectivity index (χ1n) is 14.4. The van der Waals surface area contributed by atoms with E-state index in [0.29, 0.717) is 28.4 Å². The number of nitrogens with zero attached hydrogens (tertiary/aromatic N) is 6. The number of nitrogen functional groups attached to an aromatic ring is 1. The summed E-state index contributed by atoms with van der Waals surface area (Å²) in [5, 5.41) is 3.39. The fourth-order valence-corrected chi connectivity index (χ4v) is 6.32. The van der Waals surface area contributed by atoms with Gasteiger partial charge in [-0.3, -0.25) is 18.9 Å². The zero-order chi connectivity index (χ0) is 27.1. The van der Waals surface area contributed by atoms with E-state index in [0.717, 1.165) is 50.4 Å². The monoisotopic (exact) mass is 576 g/mol. The maximum absolute atomic E-state index is 13.8. The summed E-state index contributed by atoms with van der Waals surface area (Å²) in [5.41, 5.74) is 8.01. The van der Waals surface area contributed by atoms with Gasteiger partial charge in [0.2, 0.25) is 0 Å². The smallest absolute Gasteiger partial charge is 0.335 e. The van der Waals surface area contributed by atoms with Crippen LogP contribution < -0.4 is 21.5 Å². The highest BCUT2D eigenvalue weighted by Crippen LogP contribution is 2.30. The lowest BCUT2D eigenvalue weighted by Crippen LogP contribution is -2.58. The van der Waals surface area contributed by atoms with Gasteiger partial charge in [0.05, 0.1) is 11.7 Å². The molecule has 41 heavy (non-hydrogen) atoms. The topological polar surface area (TPSA) is 106 Å². The fraction of sp³-hybridized carbons (Fsp3) is 0.433. The van der Waals surface area contributed by atoms with Crippen LogP contribution in [0.2, 0.25) is 0 Å². The van der Waals surface area contributed by atoms with Crippen molar-refractivity contribution in [3.63, 3.8) is 0 Å². The largest absolute Gasteiger partial charge is 0.457 e. The molecule has 3 aliphatic heterocycles. The number of anilines is 1. The van der Waals surface area contributed by atoms with Crippen LogP contribution in [0.3, 0.4) is 0 Å². The molecule has 0 unspecified atom stereocenters. The van der Waals surface area contributed by atoms with Crippen molar-refractivity contribution in [2.75, 3.05) is 51.5 Å². The van der Waals surface area contributed by atoms with Gasteiger partial charge in [0.25, 0.3) is 0 Å². The molecule has 5 heterocycles. The Morgan fingerprint density at radius 2 is 1.63 bits per heavy atom. The number of benzene rings is 2. The van der Waals surface area contributed by atoms with E-state index in [2.05, 4.69) is 25.1 Å². The molecule has 0 spiro atoms. The molecular weight excluding hydrogens is 540 g/mol. The molecule has 0 radical (unpaired) electrons. The Bertz CT molecular complexity index is 1520. The second-order valence-corrected chi connectivity index (χ2v) is 11.3. The minimum absolute atomic E-state index is 0. The molecule has 0 aliphatic carbocycles. The third-order valence-corrected chi connectivity index (χ3v) is 8.84. The number of hydrogen-bond donors (Lipinski definition) is 2. The van der Waals surface area contributed by atoms with E-state index in [9.17, 15) is 4.79 Å². The Labute approximate surface area is 245 Å². The predicted molar refractivity (Wildman–Crippen MR) is 162 cm³/mol. The van der Waals surface area contributed by atoms with Gasteiger partial charge < -0.3 is 15.8 Å². The SMILES string of the molecule is Cl.Nc1ncnc2c1n(-c1ccc(Oc3ccccc3)cc1)c(=O)n2C1CN(CCC2CCN(C3CNC3)CC2)C1. The van der Waals surface area contributed by atoms with Crippen molar-refractivity contribution in [3.8, 4) is 17.2 Å². The molecule has 2 aromatic heterocycles. The Hall–Kier alpha value is -3.44. The van der Waals surface area contributed by atoms with E-state index in [1.165, 1.54) is 38.7 Å². The second-order valence-electron chi connectivity index (χ2n) is 11.3. The van der Waals surface area contributed by atoms with Crippen LogP contribution in [-0.4, -0.2) is 80.8 Å². The van der Waals surface area contributed by atoms with E-state index in [-0.39, 0.29) is 24.1 Å². The number of imidazole rings is 1. The summed E-state index contributed by atoms with van der Waals surface area (Å²) < 4.78 is 9.37. The quantitative estimate of drug-likeness (QED) is 0.329. The average Bonchev–Trinajstić information content (AvgIpc) is 3.21. The molecular formula is C30H37ClN8O2. The number of fused-ring (bicyclic) bond motifs is 1. The van der Waals surface area contributed by atoms with Gasteiger partial charge in [0.1, 0.15) is 23.3 Å². The molecule has 3 fully saturated rings. The van der Waals surface area contributed by atoms with Crippen molar-refractivity contribution in [1.82, 2.24) is 34.2 Å². The predicted octanol–water partition coefficient (Wildman–Crippen LogP) is 3.31. The summed E-state index contributed by atoms with van der Waals surface area (Å²) in [6, 6.07) is 17.9. The highest BCUT2D eigenvalue weighted by molar-refractivity contribution is 5.85. The Kier molecular flexibility index (Phi) is 7.99. The molecule has 10 nitrogen and oxygen atoms in total. The molecule has 0 amide bonds. The highest BCUT2D eigenvalue weighted by atomic mass is 35.5. The summed E-state index contributed by atoms with van der Waals surface area (Å²) in [6.45, 7) is 7.54. The zero-order valence-corrected chi connectivity index (χ0v) is 23.9. The van der Waals surface area contributed by atoms with Crippen LogP contribution in [-0.2, 0) is 0 Å². The molecule has 7 rings (SSSR count). The summed E-state index contributed by atoms with van der Waals surface area (Å²) in [4.78, 5) is 27.6. The van der Waals surface area contributed by atoms with Crippen LogP contribution in [0.5, 0.6) is 11.5 Å². The molecule has 0 atom stereocenters.